The number of ether oxygens (including phenoxy) is 1. The van der Waals surface area contributed by atoms with Gasteiger partial charge in [-0.15, -0.1) is 0 Å². The van der Waals surface area contributed by atoms with Gasteiger partial charge in [0.1, 0.15) is 0 Å². The van der Waals surface area contributed by atoms with Crippen molar-refractivity contribution in [3.05, 3.63) is 41.7 Å². The summed E-state index contributed by atoms with van der Waals surface area (Å²) in [6.07, 6.45) is 3.75. The number of nitrogens with one attached hydrogen (secondary N) is 1. The summed E-state index contributed by atoms with van der Waals surface area (Å²) in [4.78, 5) is 4.33. The lowest BCUT2D eigenvalue weighted by molar-refractivity contribution is 0.188. The number of rotatable bonds is 5. The molecule has 2 rings (SSSR count). The van der Waals surface area contributed by atoms with E-state index in [0.717, 1.165) is 18.2 Å². The molecule has 1 heterocycles. The molecule has 0 radical (unpaired) electrons. The van der Waals surface area contributed by atoms with Crippen LogP contribution < -0.4 is 5.32 Å². The molecule has 1 aromatic heterocycles. The first-order valence-electron chi connectivity index (χ1n) is 6.05. The van der Waals surface area contributed by atoms with Crippen molar-refractivity contribution < 1.29 is 4.74 Å². The van der Waals surface area contributed by atoms with E-state index in [1.165, 1.54) is 11.1 Å². The van der Waals surface area contributed by atoms with Gasteiger partial charge >= 0.3 is 0 Å². The smallest absolute Gasteiger partial charge is 0.207 e. The zero-order valence-corrected chi connectivity index (χ0v) is 11.1. The van der Waals surface area contributed by atoms with E-state index in [2.05, 4.69) is 42.3 Å². The molecule has 96 valence electrons. The zero-order chi connectivity index (χ0) is 13.0. The number of aromatic nitrogens is 2. The third kappa shape index (κ3) is 2.90. The first kappa shape index (κ1) is 12.6. The number of anilines is 2. The van der Waals surface area contributed by atoms with Gasteiger partial charge in [-0.05, 0) is 31.0 Å². The number of nitrogens with zero attached hydrogens (tertiary/aromatic N) is 2. The fraction of sp³-hybridized carbons (Fsp3) is 0.357. The van der Waals surface area contributed by atoms with Crippen molar-refractivity contribution in [3.63, 3.8) is 0 Å². The van der Waals surface area contributed by atoms with Crippen molar-refractivity contribution in [2.75, 3.05) is 19.0 Å². The van der Waals surface area contributed by atoms with Crippen molar-refractivity contribution in [2.24, 2.45) is 0 Å². The highest BCUT2D eigenvalue weighted by atomic mass is 16.5. The molecule has 4 heteroatoms. The quantitative estimate of drug-likeness (QED) is 0.880. The van der Waals surface area contributed by atoms with E-state index >= 15 is 0 Å². The highest BCUT2D eigenvalue weighted by Crippen LogP contribution is 2.20. The lowest BCUT2D eigenvalue weighted by atomic mass is 10.1. The van der Waals surface area contributed by atoms with Crippen molar-refractivity contribution in [1.29, 1.82) is 0 Å². The molecule has 0 atom stereocenters. The highest BCUT2D eigenvalue weighted by Gasteiger charge is 2.05. The van der Waals surface area contributed by atoms with Crippen LogP contribution in [0, 0.1) is 13.8 Å². The summed E-state index contributed by atoms with van der Waals surface area (Å²) in [7, 11) is 1.70. The minimum atomic E-state index is 0.678. The van der Waals surface area contributed by atoms with Crippen LogP contribution in [-0.2, 0) is 11.3 Å². The molecule has 0 spiro atoms. The predicted molar refractivity (Wildman–Crippen MR) is 73.3 cm³/mol. The Hall–Kier alpha value is -1.81. The molecule has 0 bridgehead atoms. The number of hydrogen-bond acceptors (Lipinski definition) is 3. The Balaban J connectivity index is 2.18. The number of methoxy groups -OCH3 is 1. The van der Waals surface area contributed by atoms with Gasteiger partial charge in [0.05, 0.1) is 6.61 Å². The first-order valence-corrected chi connectivity index (χ1v) is 6.05. The number of hydrogen-bond donors (Lipinski definition) is 1. The molecular weight excluding hydrogens is 226 g/mol. The second-order valence-electron chi connectivity index (χ2n) is 4.38. The molecule has 1 aromatic carbocycles. The molecule has 0 aliphatic rings. The van der Waals surface area contributed by atoms with Gasteiger partial charge in [0.15, 0.2) is 0 Å². The van der Waals surface area contributed by atoms with E-state index < -0.39 is 0 Å². The molecule has 0 saturated carbocycles. The fourth-order valence-electron chi connectivity index (χ4n) is 1.79. The van der Waals surface area contributed by atoms with E-state index in [1.54, 1.807) is 13.3 Å². The van der Waals surface area contributed by atoms with Crippen LogP contribution in [0.25, 0.3) is 0 Å². The molecule has 4 nitrogen and oxygen atoms in total. The van der Waals surface area contributed by atoms with Crippen LogP contribution in [0.5, 0.6) is 0 Å². The van der Waals surface area contributed by atoms with E-state index in [0.29, 0.717) is 6.61 Å². The molecular formula is C14H19N3O. The van der Waals surface area contributed by atoms with Crippen molar-refractivity contribution in [2.45, 2.75) is 20.4 Å². The molecule has 2 aromatic rings. The molecule has 0 aliphatic heterocycles. The van der Waals surface area contributed by atoms with Gasteiger partial charge in [-0.2, -0.15) is 0 Å². The minimum Gasteiger partial charge on any atom is -0.383 e. The lowest BCUT2D eigenvalue weighted by Crippen LogP contribution is -2.07. The van der Waals surface area contributed by atoms with Crippen LogP contribution in [0.2, 0.25) is 0 Å². The zero-order valence-electron chi connectivity index (χ0n) is 11.1. The van der Waals surface area contributed by atoms with E-state index in [1.807, 2.05) is 10.8 Å². The number of imidazole rings is 1. The number of benzene rings is 1. The maximum absolute atomic E-state index is 5.09. The third-order valence-corrected chi connectivity index (χ3v) is 2.89. The third-order valence-electron chi connectivity index (χ3n) is 2.89. The minimum absolute atomic E-state index is 0.678. The highest BCUT2D eigenvalue weighted by molar-refractivity contribution is 5.59. The van der Waals surface area contributed by atoms with E-state index in [-0.39, 0.29) is 0 Å². The van der Waals surface area contributed by atoms with E-state index in [4.69, 9.17) is 4.74 Å². The predicted octanol–water partition coefficient (Wildman–Crippen LogP) is 2.89. The molecule has 0 unspecified atom stereocenters. The normalized spacial score (nSPS) is 10.6. The van der Waals surface area contributed by atoms with Gasteiger partial charge < -0.3 is 14.6 Å². The SMILES string of the molecule is COCCn1ccnc1Nc1cc(C)ccc1C. The van der Waals surface area contributed by atoms with Gasteiger partial charge in [0, 0.05) is 31.7 Å². The van der Waals surface area contributed by atoms with Crippen molar-refractivity contribution >= 4 is 11.6 Å². The summed E-state index contributed by atoms with van der Waals surface area (Å²) in [5, 5.41) is 3.37. The van der Waals surface area contributed by atoms with Crippen LogP contribution in [0.4, 0.5) is 11.6 Å². The molecule has 0 saturated heterocycles. The summed E-state index contributed by atoms with van der Waals surface area (Å²) in [6, 6.07) is 6.35. The summed E-state index contributed by atoms with van der Waals surface area (Å²) in [6.45, 7) is 5.65. The summed E-state index contributed by atoms with van der Waals surface area (Å²) in [5.74, 6) is 0.848. The molecule has 18 heavy (non-hydrogen) atoms. The van der Waals surface area contributed by atoms with Gasteiger partial charge in [0.25, 0.3) is 0 Å². The molecule has 0 amide bonds. The Morgan fingerprint density at radius 2 is 2.17 bits per heavy atom. The lowest BCUT2D eigenvalue weighted by Gasteiger charge is -2.12. The Bertz CT molecular complexity index is 520. The summed E-state index contributed by atoms with van der Waals surface area (Å²) < 4.78 is 7.13. The topological polar surface area (TPSA) is 39.1 Å². The van der Waals surface area contributed by atoms with Gasteiger partial charge in [-0.25, -0.2) is 4.98 Å². The molecule has 0 fully saturated rings. The van der Waals surface area contributed by atoms with Crippen molar-refractivity contribution in [1.82, 2.24) is 9.55 Å². The summed E-state index contributed by atoms with van der Waals surface area (Å²) in [5.41, 5.74) is 3.54. The molecule has 1 N–H and O–H groups in total. The average molecular weight is 245 g/mol. The largest absolute Gasteiger partial charge is 0.383 e. The second-order valence-corrected chi connectivity index (χ2v) is 4.38. The van der Waals surface area contributed by atoms with Crippen LogP contribution in [0.15, 0.2) is 30.6 Å². The second kappa shape index (κ2) is 5.69. The Kier molecular flexibility index (Phi) is 3.99. The van der Waals surface area contributed by atoms with Gasteiger partial charge in [0.2, 0.25) is 5.95 Å². The Morgan fingerprint density at radius 1 is 1.33 bits per heavy atom. The van der Waals surface area contributed by atoms with Crippen LogP contribution in [0.3, 0.4) is 0 Å². The average Bonchev–Trinajstić information content (AvgIpc) is 2.79. The first-order chi connectivity index (χ1) is 8.70. The number of aryl methyl sites for hydroxylation is 2. The summed E-state index contributed by atoms with van der Waals surface area (Å²) >= 11 is 0. The maximum atomic E-state index is 5.09. The standard InChI is InChI=1S/C14H19N3O/c1-11-4-5-12(2)13(10-11)16-14-15-6-7-17(14)8-9-18-3/h4-7,10H,8-9H2,1-3H3,(H,15,16). The Morgan fingerprint density at radius 3 is 2.94 bits per heavy atom. The van der Waals surface area contributed by atoms with Crippen LogP contribution in [-0.4, -0.2) is 23.3 Å². The molecule has 0 aliphatic carbocycles. The van der Waals surface area contributed by atoms with Gasteiger partial charge in [-0.1, -0.05) is 12.1 Å². The maximum Gasteiger partial charge on any atom is 0.207 e. The van der Waals surface area contributed by atoms with Crippen LogP contribution >= 0.6 is 0 Å². The van der Waals surface area contributed by atoms with E-state index in [9.17, 15) is 0 Å². The van der Waals surface area contributed by atoms with Crippen molar-refractivity contribution in [3.8, 4) is 0 Å². The monoisotopic (exact) mass is 245 g/mol. The Labute approximate surface area is 108 Å². The fourth-order valence-corrected chi connectivity index (χ4v) is 1.79. The van der Waals surface area contributed by atoms with Crippen LogP contribution in [0.1, 0.15) is 11.1 Å². The van der Waals surface area contributed by atoms with Gasteiger partial charge in [-0.3, -0.25) is 0 Å².